The van der Waals surface area contributed by atoms with Crippen molar-refractivity contribution in [2.75, 3.05) is 42.7 Å². The van der Waals surface area contributed by atoms with Crippen molar-refractivity contribution in [3.05, 3.63) is 83.9 Å². The Bertz CT molecular complexity index is 1490. The summed E-state index contributed by atoms with van der Waals surface area (Å²) in [4.78, 5) is 42.1. The van der Waals surface area contributed by atoms with Crippen LogP contribution in [0, 0.1) is 5.92 Å². The Kier molecular flexibility index (Phi) is 10.6. The maximum Gasteiger partial charge on any atom is 0.416 e. The molecule has 4 rings (SSSR count). The highest BCUT2D eigenvalue weighted by Crippen LogP contribution is 2.31. The molecule has 3 atom stereocenters. The third kappa shape index (κ3) is 8.88. The summed E-state index contributed by atoms with van der Waals surface area (Å²) in [5, 5.41) is 17.8. The summed E-state index contributed by atoms with van der Waals surface area (Å²) in [5.74, 6) is -0.104. The summed E-state index contributed by atoms with van der Waals surface area (Å²) in [5.41, 5.74) is 0.750. The Hall–Kier alpha value is -4.78. The summed E-state index contributed by atoms with van der Waals surface area (Å²) in [6.45, 7) is 3.85. The molecular formula is C32H36F3N5O5. The van der Waals surface area contributed by atoms with Crippen LogP contribution in [0.15, 0.2) is 72.8 Å². The van der Waals surface area contributed by atoms with Gasteiger partial charge in [0.1, 0.15) is 11.9 Å². The van der Waals surface area contributed by atoms with E-state index in [-0.39, 0.29) is 49.7 Å². The van der Waals surface area contributed by atoms with Gasteiger partial charge in [-0.05, 0) is 61.5 Å². The Morgan fingerprint density at radius 1 is 1.00 bits per heavy atom. The molecule has 0 spiro atoms. The van der Waals surface area contributed by atoms with Crippen LogP contribution >= 0.6 is 0 Å². The van der Waals surface area contributed by atoms with Gasteiger partial charge in [-0.3, -0.25) is 4.79 Å². The molecule has 45 heavy (non-hydrogen) atoms. The first-order chi connectivity index (χ1) is 21.3. The Morgan fingerprint density at radius 3 is 2.27 bits per heavy atom. The number of likely N-dealkylation sites (N-methyl/N-ethyl adjacent to an activating group) is 1. The van der Waals surface area contributed by atoms with Crippen molar-refractivity contribution in [2.24, 2.45) is 5.92 Å². The minimum atomic E-state index is -4.49. The number of rotatable bonds is 7. The van der Waals surface area contributed by atoms with Crippen LogP contribution in [0.4, 0.5) is 39.8 Å². The number of para-hydroxylation sites is 1. The molecule has 0 saturated heterocycles. The predicted octanol–water partition coefficient (Wildman–Crippen LogP) is 5.66. The standard InChI is InChI=1S/C32H36F3N5O5/c1-20-17-40(21(2)19-41)29(42)16-22-15-26(37-30(43)36-25-11-9-23(10-12-25)32(33,34)35)13-14-27(22)45-28(20)18-39(3)31(44)38-24-7-5-4-6-8-24/h4-15,20-21,28,41H,16-19H2,1-3H3,(H,38,44)(H2,36,37,43)/t20-,21+,28-/m0/s1. The van der Waals surface area contributed by atoms with E-state index < -0.39 is 29.9 Å². The van der Waals surface area contributed by atoms with E-state index >= 15 is 0 Å². The Balaban J connectivity index is 1.53. The summed E-state index contributed by atoms with van der Waals surface area (Å²) in [6, 6.07) is 16.3. The molecule has 0 radical (unpaired) electrons. The van der Waals surface area contributed by atoms with Crippen LogP contribution in [0.25, 0.3) is 0 Å². The number of nitrogens with one attached hydrogen (secondary N) is 3. The summed E-state index contributed by atoms with van der Waals surface area (Å²) >= 11 is 0. The number of aliphatic hydroxyl groups excluding tert-OH is 1. The van der Waals surface area contributed by atoms with Gasteiger partial charge in [-0.25, -0.2) is 9.59 Å². The predicted molar refractivity (Wildman–Crippen MR) is 164 cm³/mol. The molecule has 0 fully saturated rings. The maximum atomic E-state index is 13.4. The van der Waals surface area contributed by atoms with Gasteiger partial charge in [-0.2, -0.15) is 13.2 Å². The number of nitrogens with zero attached hydrogens (tertiary/aromatic N) is 2. The number of aliphatic hydroxyl groups is 1. The van der Waals surface area contributed by atoms with Crippen molar-refractivity contribution in [1.29, 1.82) is 0 Å². The second-order valence-corrected chi connectivity index (χ2v) is 11.0. The monoisotopic (exact) mass is 627 g/mol. The molecule has 10 nitrogen and oxygen atoms in total. The first kappa shape index (κ1) is 33.1. The lowest BCUT2D eigenvalue weighted by Crippen LogP contribution is -2.48. The van der Waals surface area contributed by atoms with Gasteiger partial charge in [-0.15, -0.1) is 0 Å². The molecule has 1 aliphatic heterocycles. The zero-order valence-corrected chi connectivity index (χ0v) is 25.1. The first-order valence-electron chi connectivity index (χ1n) is 14.4. The van der Waals surface area contributed by atoms with E-state index in [4.69, 9.17) is 4.74 Å². The van der Waals surface area contributed by atoms with Crippen molar-refractivity contribution in [1.82, 2.24) is 9.80 Å². The van der Waals surface area contributed by atoms with Gasteiger partial charge >= 0.3 is 18.2 Å². The second-order valence-electron chi connectivity index (χ2n) is 11.0. The number of carbonyl (C=O) groups excluding carboxylic acids is 3. The number of halogens is 3. The van der Waals surface area contributed by atoms with Crippen LogP contribution < -0.4 is 20.7 Å². The molecule has 3 aromatic rings. The van der Waals surface area contributed by atoms with E-state index in [1.807, 2.05) is 25.1 Å². The van der Waals surface area contributed by atoms with Crippen molar-refractivity contribution < 1.29 is 37.4 Å². The zero-order chi connectivity index (χ0) is 32.7. The number of hydrogen-bond acceptors (Lipinski definition) is 5. The van der Waals surface area contributed by atoms with E-state index in [2.05, 4.69) is 16.0 Å². The van der Waals surface area contributed by atoms with E-state index in [9.17, 15) is 32.7 Å². The summed E-state index contributed by atoms with van der Waals surface area (Å²) in [7, 11) is 1.64. The third-order valence-corrected chi connectivity index (χ3v) is 7.47. The van der Waals surface area contributed by atoms with E-state index in [1.165, 1.54) is 4.90 Å². The maximum absolute atomic E-state index is 13.4. The topological polar surface area (TPSA) is 123 Å². The van der Waals surface area contributed by atoms with Crippen LogP contribution in [0.1, 0.15) is 25.0 Å². The average Bonchev–Trinajstić information content (AvgIpc) is 3.04. The lowest BCUT2D eigenvalue weighted by atomic mass is 10.0. The van der Waals surface area contributed by atoms with E-state index in [1.54, 1.807) is 49.2 Å². The van der Waals surface area contributed by atoms with Gasteiger partial charge in [0.15, 0.2) is 0 Å². The van der Waals surface area contributed by atoms with Crippen LogP contribution in [-0.2, 0) is 17.4 Å². The molecular weight excluding hydrogens is 591 g/mol. The van der Waals surface area contributed by atoms with Crippen LogP contribution in [-0.4, -0.2) is 71.8 Å². The summed E-state index contributed by atoms with van der Waals surface area (Å²) < 4.78 is 45.0. The van der Waals surface area contributed by atoms with Crippen molar-refractivity contribution >= 4 is 35.0 Å². The Morgan fingerprint density at radius 2 is 1.62 bits per heavy atom. The van der Waals surface area contributed by atoms with Crippen molar-refractivity contribution in [2.45, 2.75) is 38.6 Å². The molecule has 240 valence electrons. The lowest BCUT2D eigenvalue weighted by Gasteiger charge is -2.34. The van der Waals surface area contributed by atoms with Gasteiger partial charge in [0.25, 0.3) is 0 Å². The minimum Gasteiger partial charge on any atom is -0.488 e. The molecule has 13 heteroatoms. The number of amides is 5. The van der Waals surface area contributed by atoms with Gasteiger partial charge in [0.2, 0.25) is 5.91 Å². The van der Waals surface area contributed by atoms with Crippen LogP contribution in [0.5, 0.6) is 5.75 Å². The van der Waals surface area contributed by atoms with Crippen LogP contribution in [0.3, 0.4) is 0 Å². The average molecular weight is 628 g/mol. The van der Waals surface area contributed by atoms with Crippen molar-refractivity contribution in [3.63, 3.8) is 0 Å². The number of fused-ring (bicyclic) bond motifs is 1. The SMILES string of the molecule is C[C@H](CO)N1C[C@H](C)[C@H](CN(C)C(=O)Nc2ccccc2)Oc2ccc(NC(=O)Nc3ccc(C(F)(F)F)cc3)cc2CC1=O. The van der Waals surface area contributed by atoms with Gasteiger partial charge in [0, 0.05) is 42.1 Å². The normalized spacial score (nSPS) is 17.5. The van der Waals surface area contributed by atoms with Gasteiger partial charge < -0.3 is 35.6 Å². The summed E-state index contributed by atoms with van der Waals surface area (Å²) in [6.07, 6.45) is -5.12. The largest absolute Gasteiger partial charge is 0.488 e. The Labute approximate surface area is 259 Å². The van der Waals surface area contributed by atoms with E-state index in [0.717, 1.165) is 24.3 Å². The molecule has 4 N–H and O–H groups in total. The molecule has 0 saturated carbocycles. The van der Waals surface area contributed by atoms with E-state index in [0.29, 0.717) is 22.7 Å². The minimum absolute atomic E-state index is 0.0838. The quantitative estimate of drug-likeness (QED) is 0.269. The number of urea groups is 2. The molecule has 0 aliphatic carbocycles. The number of anilines is 3. The third-order valence-electron chi connectivity index (χ3n) is 7.47. The van der Waals surface area contributed by atoms with Gasteiger partial charge in [-0.1, -0.05) is 25.1 Å². The highest BCUT2D eigenvalue weighted by Gasteiger charge is 2.32. The second kappa shape index (κ2) is 14.3. The fourth-order valence-corrected chi connectivity index (χ4v) is 4.85. The highest BCUT2D eigenvalue weighted by atomic mass is 19.4. The molecule has 0 unspecified atom stereocenters. The molecule has 3 aromatic carbocycles. The smallest absolute Gasteiger partial charge is 0.416 e. The number of alkyl halides is 3. The molecule has 0 bridgehead atoms. The highest BCUT2D eigenvalue weighted by molar-refractivity contribution is 6.00. The van der Waals surface area contributed by atoms with Crippen LogP contribution in [0.2, 0.25) is 0 Å². The molecule has 1 aliphatic rings. The fourth-order valence-electron chi connectivity index (χ4n) is 4.85. The lowest BCUT2D eigenvalue weighted by molar-refractivity contribution is -0.137. The fraction of sp³-hybridized carbons (Fsp3) is 0.344. The molecule has 1 heterocycles. The van der Waals surface area contributed by atoms with Gasteiger partial charge in [0.05, 0.1) is 31.2 Å². The molecule has 5 amide bonds. The zero-order valence-electron chi connectivity index (χ0n) is 25.1. The number of carbonyl (C=O) groups is 3. The number of ether oxygens (including phenoxy) is 1. The first-order valence-corrected chi connectivity index (χ1v) is 14.4. The number of hydrogen-bond donors (Lipinski definition) is 4. The molecule has 0 aromatic heterocycles. The van der Waals surface area contributed by atoms with Crippen molar-refractivity contribution in [3.8, 4) is 5.75 Å². The number of benzene rings is 3.